The molecule has 1 fully saturated rings. The lowest BCUT2D eigenvalue weighted by Gasteiger charge is -2.35. The molecule has 0 amide bonds. The van der Waals surface area contributed by atoms with Crippen LogP contribution in [0.2, 0.25) is 5.02 Å². The van der Waals surface area contributed by atoms with Crippen molar-refractivity contribution in [3.05, 3.63) is 38.9 Å². The number of benzene rings is 1. The van der Waals surface area contributed by atoms with E-state index in [0.717, 1.165) is 31.6 Å². The molecule has 0 aliphatic carbocycles. The summed E-state index contributed by atoms with van der Waals surface area (Å²) in [7, 11) is 0. The number of nitrogens with two attached hydrogens (primary N) is 1. The molecule has 0 bridgehead atoms. The van der Waals surface area contributed by atoms with Crippen LogP contribution in [-0.2, 0) is 6.54 Å². The Morgan fingerprint density at radius 3 is 2.80 bits per heavy atom. The monoisotopic (exact) mass is 319 g/mol. The summed E-state index contributed by atoms with van der Waals surface area (Å²) in [6.07, 6.45) is 0.988. The quantitative estimate of drug-likeness (QED) is 0.686. The van der Waals surface area contributed by atoms with E-state index in [1.165, 1.54) is 6.07 Å². The highest BCUT2D eigenvalue weighted by molar-refractivity contribution is 6.32. The maximum atomic E-state index is 10.7. The Morgan fingerprint density at radius 2 is 2.25 bits per heavy atom. The Labute approximate surface area is 129 Å². The van der Waals surface area contributed by atoms with Crippen molar-refractivity contribution in [3.63, 3.8) is 0 Å². The predicted molar refractivity (Wildman–Crippen MR) is 82.4 cm³/mol. The first-order chi connectivity index (χ1) is 8.97. The van der Waals surface area contributed by atoms with Gasteiger partial charge in [-0.05, 0) is 30.5 Å². The van der Waals surface area contributed by atoms with E-state index in [9.17, 15) is 10.1 Å². The second-order valence-electron chi connectivity index (χ2n) is 5.21. The highest BCUT2D eigenvalue weighted by Gasteiger charge is 2.23. The average Bonchev–Trinajstić information content (AvgIpc) is 2.33. The number of hydrogen-bond donors (Lipinski definition) is 1. The van der Waals surface area contributed by atoms with Crippen molar-refractivity contribution in [1.29, 1.82) is 0 Å². The van der Waals surface area contributed by atoms with Crippen LogP contribution >= 0.6 is 24.0 Å². The highest BCUT2D eigenvalue weighted by Crippen LogP contribution is 2.26. The highest BCUT2D eigenvalue weighted by atomic mass is 35.5. The summed E-state index contributed by atoms with van der Waals surface area (Å²) in [4.78, 5) is 12.5. The molecule has 1 aromatic rings. The van der Waals surface area contributed by atoms with Gasteiger partial charge in [0.1, 0.15) is 5.02 Å². The third-order valence-electron chi connectivity index (χ3n) is 3.67. The third kappa shape index (κ3) is 4.06. The van der Waals surface area contributed by atoms with Gasteiger partial charge >= 0.3 is 0 Å². The van der Waals surface area contributed by atoms with Crippen LogP contribution < -0.4 is 5.73 Å². The molecule has 0 saturated carbocycles. The Morgan fingerprint density at radius 1 is 1.55 bits per heavy atom. The fourth-order valence-electron chi connectivity index (χ4n) is 2.45. The van der Waals surface area contributed by atoms with E-state index < -0.39 is 4.92 Å². The van der Waals surface area contributed by atoms with Gasteiger partial charge < -0.3 is 5.73 Å². The molecule has 1 saturated heterocycles. The number of likely N-dealkylation sites (tertiary alicyclic amines) is 1. The van der Waals surface area contributed by atoms with Gasteiger partial charge in [0, 0.05) is 25.2 Å². The first kappa shape index (κ1) is 17.2. The van der Waals surface area contributed by atoms with Crippen molar-refractivity contribution < 1.29 is 4.92 Å². The SMILES string of the molecule is CC1CN(Cc2ccc([N+](=O)[O-])c(Cl)c2)CCC1N.Cl. The lowest BCUT2D eigenvalue weighted by atomic mass is 9.94. The number of nitro groups is 1. The van der Waals surface area contributed by atoms with Crippen LogP contribution in [0.15, 0.2) is 18.2 Å². The summed E-state index contributed by atoms with van der Waals surface area (Å²) >= 11 is 5.91. The maximum Gasteiger partial charge on any atom is 0.287 e. The molecule has 2 rings (SSSR count). The third-order valence-corrected chi connectivity index (χ3v) is 3.97. The zero-order chi connectivity index (χ0) is 14.0. The molecule has 1 aliphatic rings. The zero-order valence-electron chi connectivity index (χ0n) is 11.3. The summed E-state index contributed by atoms with van der Waals surface area (Å²) in [6.45, 7) is 4.82. The Hall–Kier alpha value is -0.880. The summed E-state index contributed by atoms with van der Waals surface area (Å²) in [5, 5.41) is 10.9. The van der Waals surface area contributed by atoms with E-state index in [1.807, 2.05) is 0 Å². The van der Waals surface area contributed by atoms with Crippen LogP contribution in [0.4, 0.5) is 5.69 Å². The molecule has 2 atom stereocenters. The number of hydrogen-bond acceptors (Lipinski definition) is 4. The van der Waals surface area contributed by atoms with E-state index in [-0.39, 0.29) is 29.2 Å². The minimum Gasteiger partial charge on any atom is -0.327 e. The first-order valence-electron chi connectivity index (χ1n) is 6.38. The van der Waals surface area contributed by atoms with Crippen LogP contribution in [0.3, 0.4) is 0 Å². The topological polar surface area (TPSA) is 72.4 Å². The van der Waals surface area contributed by atoms with E-state index in [2.05, 4.69) is 11.8 Å². The van der Waals surface area contributed by atoms with Gasteiger partial charge in [-0.2, -0.15) is 0 Å². The maximum absolute atomic E-state index is 10.7. The van der Waals surface area contributed by atoms with Gasteiger partial charge in [-0.3, -0.25) is 15.0 Å². The van der Waals surface area contributed by atoms with Gasteiger partial charge in [0.15, 0.2) is 0 Å². The summed E-state index contributed by atoms with van der Waals surface area (Å²) in [6, 6.07) is 5.19. The van der Waals surface area contributed by atoms with E-state index in [4.69, 9.17) is 17.3 Å². The molecule has 1 aliphatic heterocycles. The van der Waals surface area contributed by atoms with Crippen molar-refractivity contribution in [1.82, 2.24) is 4.90 Å². The molecular formula is C13H19Cl2N3O2. The molecule has 0 aromatic heterocycles. The smallest absolute Gasteiger partial charge is 0.287 e. The van der Waals surface area contributed by atoms with Crippen LogP contribution in [0.1, 0.15) is 18.9 Å². The number of nitro benzene ring substituents is 1. The van der Waals surface area contributed by atoms with Gasteiger partial charge in [-0.15, -0.1) is 12.4 Å². The summed E-state index contributed by atoms with van der Waals surface area (Å²) in [5.74, 6) is 0.474. The molecule has 1 heterocycles. The second-order valence-corrected chi connectivity index (χ2v) is 5.62. The minimum absolute atomic E-state index is 0. The molecule has 0 spiro atoms. The lowest BCUT2D eigenvalue weighted by molar-refractivity contribution is -0.384. The average molecular weight is 320 g/mol. The van der Waals surface area contributed by atoms with Gasteiger partial charge in [-0.1, -0.05) is 24.6 Å². The van der Waals surface area contributed by atoms with Crippen LogP contribution in [0.5, 0.6) is 0 Å². The summed E-state index contributed by atoms with van der Waals surface area (Å²) in [5.41, 5.74) is 6.94. The largest absolute Gasteiger partial charge is 0.327 e. The van der Waals surface area contributed by atoms with Gasteiger partial charge in [-0.25, -0.2) is 0 Å². The van der Waals surface area contributed by atoms with Crippen molar-refractivity contribution in [3.8, 4) is 0 Å². The Balaban J connectivity index is 0.00000200. The minimum atomic E-state index is -0.464. The van der Waals surface area contributed by atoms with Crippen LogP contribution in [-0.4, -0.2) is 29.0 Å². The standard InChI is InChI=1S/C13H18ClN3O2.ClH/c1-9-7-16(5-4-12(9)15)8-10-2-3-13(17(18)19)11(14)6-10;/h2-3,6,9,12H,4-5,7-8,15H2,1H3;1H. The molecule has 20 heavy (non-hydrogen) atoms. The fraction of sp³-hybridized carbons (Fsp3) is 0.538. The summed E-state index contributed by atoms with van der Waals surface area (Å²) < 4.78 is 0. The lowest BCUT2D eigenvalue weighted by Crippen LogP contribution is -2.45. The van der Waals surface area contributed by atoms with Gasteiger partial charge in [0.05, 0.1) is 4.92 Å². The molecule has 1 aromatic carbocycles. The Kier molecular flexibility index (Phi) is 6.20. The Bertz CT molecular complexity index is 485. The second kappa shape index (κ2) is 7.22. The van der Waals surface area contributed by atoms with Gasteiger partial charge in [0.2, 0.25) is 0 Å². The molecule has 5 nitrogen and oxygen atoms in total. The van der Waals surface area contributed by atoms with E-state index in [1.54, 1.807) is 12.1 Å². The van der Waals surface area contributed by atoms with Crippen LogP contribution in [0.25, 0.3) is 0 Å². The molecule has 7 heteroatoms. The molecule has 0 radical (unpaired) electrons. The molecule has 2 unspecified atom stereocenters. The molecular weight excluding hydrogens is 301 g/mol. The first-order valence-corrected chi connectivity index (χ1v) is 6.76. The fourth-order valence-corrected chi connectivity index (χ4v) is 2.72. The van der Waals surface area contributed by atoms with Crippen molar-refractivity contribution in [2.24, 2.45) is 11.7 Å². The van der Waals surface area contributed by atoms with Gasteiger partial charge in [0.25, 0.3) is 5.69 Å². The van der Waals surface area contributed by atoms with Crippen molar-refractivity contribution >= 4 is 29.7 Å². The number of halogens is 2. The predicted octanol–water partition coefficient (Wildman–Crippen LogP) is 2.84. The molecule has 112 valence electrons. The van der Waals surface area contributed by atoms with Crippen LogP contribution in [0, 0.1) is 16.0 Å². The number of piperidine rings is 1. The molecule has 2 N–H and O–H groups in total. The van der Waals surface area contributed by atoms with Crippen molar-refractivity contribution in [2.45, 2.75) is 25.9 Å². The zero-order valence-corrected chi connectivity index (χ0v) is 12.9. The van der Waals surface area contributed by atoms with E-state index >= 15 is 0 Å². The van der Waals surface area contributed by atoms with E-state index in [0.29, 0.717) is 5.92 Å². The number of rotatable bonds is 3. The number of nitrogens with zero attached hydrogens (tertiary/aromatic N) is 2. The van der Waals surface area contributed by atoms with Crippen molar-refractivity contribution in [2.75, 3.05) is 13.1 Å². The normalized spacial score (nSPS) is 23.1.